The van der Waals surface area contributed by atoms with Gasteiger partial charge in [0.15, 0.2) is 18.4 Å². The van der Waals surface area contributed by atoms with Crippen LogP contribution >= 0.6 is 0 Å². The van der Waals surface area contributed by atoms with Crippen molar-refractivity contribution in [3.8, 4) is 0 Å². The summed E-state index contributed by atoms with van der Waals surface area (Å²) in [6.45, 7) is 18.1. The van der Waals surface area contributed by atoms with Gasteiger partial charge in [-0.05, 0) is 97.2 Å². The fourth-order valence-electron chi connectivity index (χ4n) is 12.6. The average molecular weight is 700 g/mol. The summed E-state index contributed by atoms with van der Waals surface area (Å²) in [5.74, 6) is -0.390. The molecule has 10 nitrogen and oxygen atoms in total. The number of esters is 2. The van der Waals surface area contributed by atoms with Gasteiger partial charge in [-0.25, -0.2) is 0 Å². The highest BCUT2D eigenvalue weighted by Crippen LogP contribution is 2.75. The lowest BCUT2D eigenvalue weighted by Crippen LogP contribution is -2.68. The molecule has 1 saturated heterocycles. The van der Waals surface area contributed by atoms with Crippen LogP contribution < -0.4 is 5.32 Å². The lowest BCUT2D eigenvalue weighted by Gasteiger charge is -2.70. The van der Waals surface area contributed by atoms with Gasteiger partial charge in [-0.1, -0.05) is 60.1 Å². The number of hydrogen-bond acceptors (Lipinski definition) is 9. The molecule has 6 rings (SSSR count). The number of ketones is 1. The Bertz CT molecular complexity index is 1450. The van der Waals surface area contributed by atoms with E-state index in [4.69, 9.17) is 14.2 Å². The van der Waals surface area contributed by atoms with Gasteiger partial charge in [0.25, 0.3) is 0 Å². The zero-order valence-electron chi connectivity index (χ0n) is 31.7. The topological polar surface area (TPSA) is 148 Å². The molecule has 5 aliphatic carbocycles. The molecule has 12 atom stereocenters. The normalized spacial score (nSPS) is 46.1. The maximum atomic E-state index is 14.8. The Morgan fingerprint density at radius 3 is 2.18 bits per heavy atom. The number of fused-ring (bicyclic) bond motifs is 7. The van der Waals surface area contributed by atoms with E-state index in [0.717, 1.165) is 44.9 Å². The molecule has 0 bridgehead atoms. The van der Waals surface area contributed by atoms with Gasteiger partial charge >= 0.3 is 11.9 Å². The summed E-state index contributed by atoms with van der Waals surface area (Å²) >= 11 is 0. The number of rotatable bonds is 5. The van der Waals surface area contributed by atoms with E-state index in [9.17, 15) is 29.4 Å². The van der Waals surface area contributed by atoms with E-state index in [1.165, 1.54) is 19.4 Å². The highest BCUT2D eigenvalue weighted by Gasteiger charge is 2.69. The first kappa shape index (κ1) is 37.5. The SMILES string of the molecule is CC(=O)O[C@@H]1C(CO)O[C@H](NC(=O)[C@]23CCC(C)(C)CC2C2=CCC4[C@@]5(C)CCC(=O)C(C)(C)C5CC[C@@]4(C)[C@]2(C)CC3)C(O)[C@@H]1OC(C)=O. The summed E-state index contributed by atoms with van der Waals surface area (Å²) in [6, 6.07) is 0. The van der Waals surface area contributed by atoms with Gasteiger partial charge in [0.2, 0.25) is 5.91 Å². The van der Waals surface area contributed by atoms with Gasteiger partial charge in [-0.3, -0.25) is 19.2 Å². The van der Waals surface area contributed by atoms with Crippen molar-refractivity contribution in [1.29, 1.82) is 0 Å². The molecule has 0 aromatic heterocycles. The van der Waals surface area contributed by atoms with Crippen molar-refractivity contribution in [2.45, 2.75) is 157 Å². The maximum absolute atomic E-state index is 14.8. The van der Waals surface area contributed by atoms with Crippen LogP contribution in [0.25, 0.3) is 0 Å². The molecule has 0 spiro atoms. The number of aliphatic hydroxyl groups excluding tert-OH is 2. The molecule has 50 heavy (non-hydrogen) atoms. The minimum atomic E-state index is -1.53. The second-order valence-corrected chi connectivity index (χ2v) is 18.9. The minimum absolute atomic E-state index is 0.00916. The first-order valence-electron chi connectivity index (χ1n) is 19.0. The number of allylic oxidation sites excluding steroid dienone is 2. The predicted molar refractivity (Wildman–Crippen MR) is 185 cm³/mol. The molecule has 1 aliphatic heterocycles. The van der Waals surface area contributed by atoms with Gasteiger partial charge in [-0.2, -0.15) is 0 Å². The van der Waals surface area contributed by atoms with Crippen molar-refractivity contribution in [3.05, 3.63) is 11.6 Å². The molecule has 0 radical (unpaired) electrons. The van der Waals surface area contributed by atoms with Crippen molar-refractivity contribution in [2.24, 2.45) is 50.2 Å². The molecule has 0 aromatic carbocycles. The summed E-state index contributed by atoms with van der Waals surface area (Å²) in [4.78, 5) is 51.9. The van der Waals surface area contributed by atoms with Crippen LogP contribution in [0.1, 0.15) is 127 Å². The van der Waals surface area contributed by atoms with Crippen molar-refractivity contribution >= 4 is 23.6 Å². The maximum Gasteiger partial charge on any atom is 0.303 e. The van der Waals surface area contributed by atoms with Crippen molar-refractivity contribution < 1.29 is 43.6 Å². The molecule has 5 fully saturated rings. The standard InChI is InChI=1S/C40H61NO9/c1-22(43)48-31-26(21-42)50-33(30(46)32(31)49-23(2)44)41-34(47)40-18-16-35(3,4)20-25(40)24-10-11-28-37(7)14-13-29(45)36(5,6)27(37)12-15-39(28,9)38(24,8)17-19-40/h10,25-28,30-33,42,46H,11-21H2,1-9H3,(H,41,47)/t25?,26?,27?,28?,30?,31-,32+,33+,37+,38-,39-,40+/m1/s1. The summed E-state index contributed by atoms with van der Waals surface area (Å²) in [5, 5.41) is 24.6. The molecule has 0 aromatic rings. The van der Waals surface area contributed by atoms with Crippen LogP contribution in [-0.2, 0) is 33.4 Å². The first-order valence-corrected chi connectivity index (χ1v) is 19.0. The quantitative estimate of drug-likeness (QED) is 0.253. The zero-order valence-corrected chi connectivity index (χ0v) is 31.7. The van der Waals surface area contributed by atoms with Crippen LogP contribution in [0.5, 0.6) is 0 Å². The number of carbonyl (C=O) groups is 4. The lowest BCUT2D eigenvalue weighted by molar-refractivity contribution is -0.251. The van der Waals surface area contributed by atoms with E-state index < -0.39 is 54.6 Å². The second kappa shape index (κ2) is 12.4. The number of amides is 1. The van der Waals surface area contributed by atoms with Gasteiger partial charge in [0.05, 0.1) is 12.0 Å². The van der Waals surface area contributed by atoms with E-state index in [1.807, 2.05) is 0 Å². The summed E-state index contributed by atoms with van der Waals surface area (Å²) in [5.41, 5.74) is 0.341. The van der Waals surface area contributed by atoms with Crippen LogP contribution in [-0.4, -0.2) is 71.1 Å². The Morgan fingerprint density at radius 2 is 1.54 bits per heavy atom. The Kier molecular flexibility index (Phi) is 9.29. The lowest BCUT2D eigenvalue weighted by atomic mass is 9.33. The third-order valence-electron chi connectivity index (χ3n) is 15.6. The van der Waals surface area contributed by atoms with E-state index in [0.29, 0.717) is 36.9 Å². The third-order valence-corrected chi connectivity index (χ3v) is 15.6. The zero-order chi connectivity index (χ0) is 36.8. The van der Waals surface area contributed by atoms with Crippen molar-refractivity contribution in [3.63, 3.8) is 0 Å². The van der Waals surface area contributed by atoms with E-state index in [2.05, 4.69) is 59.9 Å². The smallest absolute Gasteiger partial charge is 0.303 e. The van der Waals surface area contributed by atoms with Crippen LogP contribution in [0.4, 0.5) is 0 Å². The molecule has 1 heterocycles. The van der Waals surface area contributed by atoms with Crippen molar-refractivity contribution in [1.82, 2.24) is 5.32 Å². The first-order chi connectivity index (χ1) is 23.2. The largest absolute Gasteiger partial charge is 0.456 e. The van der Waals surface area contributed by atoms with Crippen LogP contribution in [0.3, 0.4) is 0 Å². The van der Waals surface area contributed by atoms with Crippen LogP contribution in [0.15, 0.2) is 11.6 Å². The molecule has 280 valence electrons. The molecular formula is C40H61NO9. The number of carbonyl (C=O) groups excluding carboxylic acids is 4. The minimum Gasteiger partial charge on any atom is -0.456 e. The fraction of sp³-hybridized carbons (Fsp3) is 0.850. The number of hydrogen-bond donors (Lipinski definition) is 3. The van der Waals surface area contributed by atoms with Crippen LogP contribution in [0, 0.1) is 50.2 Å². The molecule has 10 heteroatoms. The predicted octanol–water partition coefficient (Wildman–Crippen LogP) is 5.41. The van der Waals surface area contributed by atoms with Crippen molar-refractivity contribution in [2.75, 3.05) is 6.61 Å². The number of nitrogens with one attached hydrogen (secondary N) is 1. The van der Waals surface area contributed by atoms with Gasteiger partial charge in [-0.15, -0.1) is 0 Å². The number of aliphatic hydroxyl groups is 2. The van der Waals surface area contributed by atoms with E-state index >= 15 is 0 Å². The number of ether oxygens (including phenoxy) is 3. The van der Waals surface area contributed by atoms with E-state index in [1.54, 1.807) is 0 Å². The Labute approximate surface area is 297 Å². The Balaban J connectivity index is 1.33. The fourth-order valence-corrected chi connectivity index (χ4v) is 12.6. The summed E-state index contributed by atoms with van der Waals surface area (Å²) in [6.07, 6.45) is 4.56. The number of Topliss-reactive ketones (excluding diaryl/α,β-unsaturated/α-hetero) is 1. The van der Waals surface area contributed by atoms with Gasteiger partial charge in [0, 0.05) is 25.7 Å². The molecule has 5 unspecified atom stereocenters. The Morgan fingerprint density at radius 1 is 0.900 bits per heavy atom. The molecule has 4 saturated carbocycles. The molecular weight excluding hydrogens is 638 g/mol. The monoisotopic (exact) mass is 699 g/mol. The third kappa shape index (κ3) is 5.51. The molecule has 6 aliphatic rings. The molecule has 1 amide bonds. The van der Waals surface area contributed by atoms with E-state index in [-0.39, 0.29) is 38.9 Å². The highest BCUT2D eigenvalue weighted by atomic mass is 16.6. The van der Waals surface area contributed by atoms with Crippen LogP contribution in [0.2, 0.25) is 0 Å². The Hall–Kier alpha value is -2.30. The van der Waals surface area contributed by atoms with Gasteiger partial charge < -0.3 is 29.7 Å². The van der Waals surface area contributed by atoms with Gasteiger partial charge in [0.1, 0.15) is 18.0 Å². The average Bonchev–Trinajstić information content (AvgIpc) is 3.02. The second-order valence-electron chi connectivity index (χ2n) is 18.9. The molecule has 3 N–H and O–H groups in total. The summed E-state index contributed by atoms with van der Waals surface area (Å²) in [7, 11) is 0. The summed E-state index contributed by atoms with van der Waals surface area (Å²) < 4.78 is 16.8. The highest BCUT2D eigenvalue weighted by molar-refractivity contribution is 5.86.